The molecule has 0 spiro atoms. The fourth-order valence-electron chi connectivity index (χ4n) is 1.99. The number of hydrogen-bond acceptors (Lipinski definition) is 5. The van der Waals surface area contributed by atoms with Gasteiger partial charge in [-0.15, -0.1) is 11.3 Å². The molecular weight excluding hydrogens is 280 g/mol. The Bertz CT molecular complexity index is 505. The smallest absolute Gasteiger partial charge is 0.355 e. The van der Waals surface area contributed by atoms with Crippen LogP contribution >= 0.6 is 11.3 Å². The van der Waals surface area contributed by atoms with Crippen molar-refractivity contribution in [2.24, 2.45) is 0 Å². The number of carbonyl (C=O) groups excluding carboxylic acids is 1. The molecule has 0 aliphatic carbocycles. The number of aromatic carboxylic acids is 1. The van der Waals surface area contributed by atoms with Crippen molar-refractivity contribution in [1.29, 1.82) is 0 Å². The second-order valence-electron chi connectivity index (χ2n) is 4.87. The molecule has 1 aliphatic rings. The van der Waals surface area contributed by atoms with Gasteiger partial charge in [0, 0.05) is 31.1 Å². The molecule has 1 aromatic rings. The molecule has 1 aliphatic heterocycles. The standard InChI is InChI=1S/C12H18N4O3S/c1-8-6-16(4-3-15(8)2)12(19)13-5-10-14-9(7-20-10)11(17)18/h7-8H,3-6H2,1-2H3,(H,13,19)(H,17,18). The highest BCUT2D eigenvalue weighted by molar-refractivity contribution is 7.09. The molecule has 8 heteroatoms. The average molecular weight is 298 g/mol. The highest BCUT2D eigenvalue weighted by Gasteiger charge is 2.24. The van der Waals surface area contributed by atoms with Gasteiger partial charge in [-0.25, -0.2) is 14.6 Å². The molecule has 2 amide bonds. The van der Waals surface area contributed by atoms with Crippen LogP contribution in [0.3, 0.4) is 0 Å². The maximum absolute atomic E-state index is 12.0. The van der Waals surface area contributed by atoms with E-state index < -0.39 is 5.97 Å². The van der Waals surface area contributed by atoms with Gasteiger partial charge in [-0.05, 0) is 14.0 Å². The van der Waals surface area contributed by atoms with Crippen molar-refractivity contribution < 1.29 is 14.7 Å². The Morgan fingerprint density at radius 2 is 2.30 bits per heavy atom. The monoisotopic (exact) mass is 298 g/mol. The predicted octanol–water partition coefficient (Wildman–Crippen LogP) is 0.687. The summed E-state index contributed by atoms with van der Waals surface area (Å²) in [6, 6.07) is 0.213. The van der Waals surface area contributed by atoms with Crippen molar-refractivity contribution >= 4 is 23.3 Å². The van der Waals surface area contributed by atoms with E-state index in [-0.39, 0.29) is 18.3 Å². The van der Waals surface area contributed by atoms with Crippen molar-refractivity contribution in [1.82, 2.24) is 20.1 Å². The molecule has 2 N–H and O–H groups in total. The Hall–Kier alpha value is -1.67. The maximum Gasteiger partial charge on any atom is 0.355 e. The zero-order chi connectivity index (χ0) is 14.7. The van der Waals surface area contributed by atoms with Crippen LogP contribution in [-0.2, 0) is 6.54 Å². The Morgan fingerprint density at radius 3 is 2.90 bits per heavy atom. The molecule has 2 rings (SSSR count). The fraction of sp³-hybridized carbons (Fsp3) is 0.583. The molecular formula is C12H18N4O3S. The summed E-state index contributed by atoms with van der Waals surface area (Å²) in [5.41, 5.74) is 0.0208. The molecule has 0 radical (unpaired) electrons. The van der Waals surface area contributed by atoms with Crippen molar-refractivity contribution in [2.75, 3.05) is 26.7 Å². The number of thiazole rings is 1. The largest absolute Gasteiger partial charge is 0.476 e. The quantitative estimate of drug-likeness (QED) is 0.857. The van der Waals surface area contributed by atoms with Crippen molar-refractivity contribution in [3.63, 3.8) is 0 Å². The van der Waals surface area contributed by atoms with Gasteiger partial charge in [0.2, 0.25) is 0 Å². The van der Waals surface area contributed by atoms with E-state index in [0.717, 1.165) is 6.54 Å². The molecule has 1 atom stereocenters. The Balaban J connectivity index is 1.84. The number of rotatable bonds is 3. The van der Waals surface area contributed by atoms with Gasteiger partial charge >= 0.3 is 12.0 Å². The molecule has 2 heterocycles. The second-order valence-corrected chi connectivity index (χ2v) is 5.81. The number of hydrogen-bond donors (Lipinski definition) is 2. The summed E-state index contributed by atoms with van der Waals surface area (Å²) < 4.78 is 0. The number of nitrogens with zero attached hydrogens (tertiary/aromatic N) is 3. The Morgan fingerprint density at radius 1 is 1.55 bits per heavy atom. The summed E-state index contributed by atoms with van der Waals surface area (Å²) in [4.78, 5) is 30.6. The maximum atomic E-state index is 12.0. The highest BCUT2D eigenvalue weighted by atomic mass is 32.1. The average Bonchev–Trinajstić information content (AvgIpc) is 2.88. The molecule has 0 aromatic carbocycles. The van der Waals surface area contributed by atoms with Crippen LogP contribution in [0.4, 0.5) is 4.79 Å². The van der Waals surface area contributed by atoms with Gasteiger partial charge in [0.25, 0.3) is 0 Å². The normalized spacial score (nSPS) is 19.9. The van der Waals surface area contributed by atoms with Gasteiger partial charge in [0.1, 0.15) is 5.01 Å². The summed E-state index contributed by atoms with van der Waals surface area (Å²) in [7, 11) is 2.04. The lowest BCUT2D eigenvalue weighted by atomic mass is 10.2. The molecule has 110 valence electrons. The lowest BCUT2D eigenvalue weighted by Crippen LogP contribution is -2.54. The van der Waals surface area contributed by atoms with E-state index in [9.17, 15) is 9.59 Å². The van der Waals surface area contributed by atoms with Crippen LogP contribution in [0.1, 0.15) is 22.4 Å². The first-order valence-corrected chi connectivity index (χ1v) is 7.26. The van der Waals surface area contributed by atoms with Gasteiger partial charge in [0.15, 0.2) is 5.69 Å². The number of nitrogens with one attached hydrogen (secondary N) is 1. The van der Waals surface area contributed by atoms with E-state index >= 15 is 0 Å². The van der Waals surface area contributed by atoms with Gasteiger partial charge < -0.3 is 20.2 Å². The third kappa shape index (κ3) is 3.45. The second kappa shape index (κ2) is 6.19. The number of carboxylic acid groups (broad SMARTS) is 1. The van der Waals surface area contributed by atoms with E-state index in [1.807, 2.05) is 7.05 Å². The topological polar surface area (TPSA) is 85.8 Å². The number of urea groups is 1. The van der Waals surface area contributed by atoms with Crippen molar-refractivity contribution in [3.8, 4) is 0 Å². The summed E-state index contributed by atoms with van der Waals surface area (Å²) >= 11 is 1.23. The minimum Gasteiger partial charge on any atom is -0.476 e. The van der Waals surface area contributed by atoms with Gasteiger partial charge in [-0.1, -0.05) is 0 Å². The first-order valence-electron chi connectivity index (χ1n) is 6.38. The molecule has 0 saturated carbocycles. The number of amides is 2. The Labute approximate surface area is 121 Å². The van der Waals surface area contributed by atoms with E-state index in [1.54, 1.807) is 4.90 Å². The molecule has 1 fully saturated rings. The zero-order valence-corrected chi connectivity index (χ0v) is 12.3. The van der Waals surface area contributed by atoms with Crippen LogP contribution in [0.15, 0.2) is 5.38 Å². The number of aromatic nitrogens is 1. The highest BCUT2D eigenvalue weighted by Crippen LogP contribution is 2.10. The molecule has 20 heavy (non-hydrogen) atoms. The molecule has 1 unspecified atom stereocenters. The van der Waals surface area contributed by atoms with Crippen LogP contribution in [0, 0.1) is 0 Å². The predicted molar refractivity (Wildman–Crippen MR) is 75.0 cm³/mol. The summed E-state index contributed by atoms with van der Waals surface area (Å²) in [6.45, 7) is 4.59. The molecule has 7 nitrogen and oxygen atoms in total. The third-order valence-electron chi connectivity index (χ3n) is 3.41. The van der Waals surface area contributed by atoms with Gasteiger partial charge in [-0.3, -0.25) is 0 Å². The van der Waals surface area contributed by atoms with Gasteiger partial charge in [0.05, 0.1) is 6.54 Å². The minimum absolute atomic E-state index is 0.0208. The first-order chi connectivity index (χ1) is 9.47. The van der Waals surface area contributed by atoms with Crippen LogP contribution in [0.5, 0.6) is 0 Å². The zero-order valence-electron chi connectivity index (χ0n) is 11.5. The van der Waals surface area contributed by atoms with E-state index in [1.165, 1.54) is 16.7 Å². The number of carbonyl (C=O) groups is 2. The van der Waals surface area contributed by atoms with E-state index in [0.29, 0.717) is 24.1 Å². The SMILES string of the molecule is CC1CN(C(=O)NCc2nc(C(=O)O)cs2)CCN1C. The lowest BCUT2D eigenvalue weighted by Gasteiger charge is -2.37. The summed E-state index contributed by atoms with van der Waals surface area (Å²) in [5, 5.41) is 13.6. The van der Waals surface area contributed by atoms with Gasteiger partial charge in [-0.2, -0.15) is 0 Å². The number of likely N-dealkylation sites (N-methyl/N-ethyl adjacent to an activating group) is 1. The fourth-order valence-corrected chi connectivity index (χ4v) is 2.69. The molecule has 0 bridgehead atoms. The first kappa shape index (κ1) is 14.7. The van der Waals surface area contributed by atoms with Crippen LogP contribution in [0.25, 0.3) is 0 Å². The van der Waals surface area contributed by atoms with Crippen molar-refractivity contribution in [3.05, 3.63) is 16.1 Å². The van der Waals surface area contributed by atoms with Crippen LogP contribution in [0.2, 0.25) is 0 Å². The van der Waals surface area contributed by atoms with E-state index in [2.05, 4.69) is 22.1 Å². The number of piperazine rings is 1. The molecule has 1 saturated heterocycles. The number of carboxylic acids is 1. The summed E-state index contributed by atoms with van der Waals surface area (Å²) in [6.07, 6.45) is 0. The van der Waals surface area contributed by atoms with Crippen LogP contribution in [-0.4, -0.2) is 64.6 Å². The Kier molecular flexibility index (Phi) is 4.56. The minimum atomic E-state index is -1.05. The van der Waals surface area contributed by atoms with Crippen molar-refractivity contribution in [2.45, 2.75) is 19.5 Å². The van der Waals surface area contributed by atoms with Crippen LogP contribution < -0.4 is 5.32 Å². The third-order valence-corrected chi connectivity index (χ3v) is 4.26. The van der Waals surface area contributed by atoms with E-state index in [4.69, 9.17) is 5.11 Å². The summed E-state index contributed by atoms with van der Waals surface area (Å²) in [5.74, 6) is -1.05. The lowest BCUT2D eigenvalue weighted by molar-refractivity contribution is 0.0691. The molecule has 1 aromatic heterocycles.